The van der Waals surface area contributed by atoms with E-state index >= 15 is 0 Å². The third kappa shape index (κ3) is 4.91. The minimum absolute atomic E-state index is 0.0430. The van der Waals surface area contributed by atoms with Gasteiger partial charge < -0.3 is 25.0 Å². The number of hydrogen-bond acceptors (Lipinski definition) is 7. The SMILES string of the molecule is COc1ccc(OC)c(NC(=O)N2CCC[C@@H]2c2nnc(C(=O)Nc3ccc(F)c(F)c3)s2)c1. The van der Waals surface area contributed by atoms with E-state index in [4.69, 9.17) is 9.47 Å². The van der Waals surface area contributed by atoms with Crippen LogP contribution in [0, 0.1) is 11.6 Å². The lowest BCUT2D eigenvalue weighted by molar-refractivity contribution is 0.102. The number of carbonyl (C=O) groups is 2. The fourth-order valence-corrected chi connectivity index (χ4v) is 4.47. The molecule has 9 nitrogen and oxygen atoms in total. The largest absolute Gasteiger partial charge is 0.497 e. The van der Waals surface area contributed by atoms with Gasteiger partial charge in [-0.15, -0.1) is 10.2 Å². The zero-order valence-electron chi connectivity index (χ0n) is 18.3. The molecule has 2 N–H and O–H groups in total. The fraction of sp³-hybridized carbons (Fsp3) is 0.273. The second-order valence-electron chi connectivity index (χ2n) is 7.38. The molecule has 1 aliphatic heterocycles. The molecule has 3 aromatic rings. The van der Waals surface area contributed by atoms with Crippen molar-refractivity contribution in [2.24, 2.45) is 0 Å². The third-order valence-corrected chi connectivity index (χ3v) is 6.28. The molecule has 1 atom stereocenters. The smallest absolute Gasteiger partial charge is 0.322 e. The molecule has 0 bridgehead atoms. The number of halogens is 2. The van der Waals surface area contributed by atoms with Crippen molar-refractivity contribution >= 4 is 34.6 Å². The van der Waals surface area contributed by atoms with Crippen LogP contribution < -0.4 is 20.1 Å². The lowest BCUT2D eigenvalue weighted by atomic mass is 10.2. The van der Waals surface area contributed by atoms with E-state index in [2.05, 4.69) is 20.8 Å². The zero-order valence-corrected chi connectivity index (χ0v) is 19.1. The first-order valence-corrected chi connectivity index (χ1v) is 11.1. The summed E-state index contributed by atoms with van der Waals surface area (Å²) in [7, 11) is 3.03. The van der Waals surface area contributed by atoms with Gasteiger partial charge >= 0.3 is 6.03 Å². The molecule has 0 unspecified atom stereocenters. The van der Waals surface area contributed by atoms with E-state index in [0.29, 0.717) is 35.2 Å². The lowest BCUT2D eigenvalue weighted by Crippen LogP contribution is -2.34. The van der Waals surface area contributed by atoms with Gasteiger partial charge in [0.15, 0.2) is 11.6 Å². The molecule has 1 aromatic heterocycles. The number of nitrogens with zero attached hydrogens (tertiary/aromatic N) is 3. The van der Waals surface area contributed by atoms with E-state index < -0.39 is 17.5 Å². The van der Waals surface area contributed by atoms with E-state index in [1.165, 1.54) is 20.3 Å². The lowest BCUT2D eigenvalue weighted by Gasteiger charge is -2.23. The monoisotopic (exact) mass is 489 g/mol. The predicted molar refractivity (Wildman–Crippen MR) is 121 cm³/mol. The van der Waals surface area contributed by atoms with Gasteiger partial charge in [0, 0.05) is 24.4 Å². The summed E-state index contributed by atoms with van der Waals surface area (Å²) in [6.45, 7) is 0.499. The van der Waals surface area contributed by atoms with Crippen LogP contribution in [0.5, 0.6) is 11.5 Å². The predicted octanol–water partition coefficient (Wildman–Crippen LogP) is 4.45. The minimum atomic E-state index is -1.07. The second-order valence-corrected chi connectivity index (χ2v) is 8.39. The number of benzene rings is 2. The maximum absolute atomic E-state index is 13.4. The Morgan fingerprint density at radius 2 is 1.88 bits per heavy atom. The fourth-order valence-electron chi connectivity index (χ4n) is 3.58. The van der Waals surface area contributed by atoms with Crippen molar-refractivity contribution in [2.75, 3.05) is 31.4 Å². The van der Waals surface area contributed by atoms with Crippen LogP contribution in [-0.2, 0) is 0 Å². The number of hydrogen-bond donors (Lipinski definition) is 2. The van der Waals surface area contributed by atoms with Gasteiger partial charge in [0.05, 0.1) is 25.9 Å². The highest BCUT2D eigenvalue weighted by atomic mass is 32.1. The number of nitrogens with one attached hydrogen (secondary N) is 2. The van der Waals surface area contributed by atoms with Gasteiger partial charge in [-0.25, -0.2) is 13.6 Å². The highest BCUT2D eigenvalue weighted by Gasteiger charge is 2.33. The average molecular weight is 490 g/mol. The Morgan fingerprint density at radius 1 is 1.06 bits per heavy atom. The van der Waals surface area contributed by atoms with Gasteiger partial charge in [-0.3, -0.25) is 4.79 Å². The number of ether oxygens (including phenoxy) is 2. The molecule has 3 amide bonds. The standard InChI is InChI=1S/C22H21F2N5O4S/c1-32-13-6-8-18(33-2)16(11-13)26-22(31)29-9-3-4-17(29)20-27-28-21(34-20)19(30)25-12-5-7-14(23)15(24)10-12/h5-8,10-11,17H,3-4,9H2,1-2H3,(H,25,30)(H,26,31)/t17-/m1/s1. The molecule has 0 aliphatic carbocycles. The maximum atomic E-state index is 13.4. The number of urea groups is 1. The van der Waals surface area contributed by atoms with E-state index in [1.54, 1.807) is 23.1 Å². The van der Waals surface area contributed by atoms with Crippen LogP contribution in [0.3, 0.4) is 0 Å². The van der Waals surface area contributed by atoms with Gasteiger partial charge in [0.2, 0.25) is 5.01 Å². The molecule has 2 heterocycles. The Morgan fingerprint density at radius 3 is 2.62 bits per heavy atom. The van der Waals surface area contributed by atoms with Gasteiger partial charge in [-0.2, -0.15) is 0 Å². The molecular weight excluding hydrogens is 468 g/mol. The number of aromatic nitrogens is 2. The highest BCUT2D eigenvalue weighted by Crippen LogP contribution is 2.35. The van der Waals surface area contributed by atoms with Crippen LogP contribution in [-0.4, -0.2) is 47.8 Å². The van der Waals surface area contributed by atoms with Crippen LogP contribution >= 0.6 is 11.3 Å². The van der Waals surface area contributed by atoms with Gasteiger partial charge in [0.25, 0.3) is 5.91 Å². The zero-order chi connectivity index (χ0) is 24.2. The van der Waals surface area contributed by atoms with Crippen molar-refractivity contribution in [1.29, 1.82) is 0 Å². The van der Waals surface area contributed by atoms with Crippen molar-refractivity contribution in [3.63, 3.8) is 0 Å². The Kier molecular flexibility index (Phi) is 6.87. The third-order valence-electron chi connectivity index (χ3n) is 5.26. The Labute approximate surface area is 197 Å². The first kappa shape index (κ1) is 23.4. The van der Waals surface area contributed by atoms with Crippen LogP contribution in [0.4, 0.5) is 25.0 Å². The Balaban J connectivity index is 1.47. The van der Waals surface area contributed by atoms with Gasteiger partial charge in [0.1, 0.15) is 16.5 Å². The molecular formula is C22H21F2N5O4S. The molecule has 34 heavy (non-hydrogen) atoms. The quantitative estimate of drug-likeness (QED) is 0.530. The van der Waals surface area contributed by atoms with E-state index in [-0.39, 0.29) is 22.8 Å². The Bertz CT molecular complexity index is 1220. The van der Waals surface area contributed by atoms with Crippen molar-refractivity contribution in [3.8, 4) is 11.5 Å². The minimum Gasteiger partial charge on any atom is -0.497 e. The summed E-state index contributed by atoms with van der Waals surface area (Å²) < 4.78 is 37.0. The summed E-state index contributed by atoms with van der Waals surface area (Å²) >= 11 is 1.04. The van der Waals surface area contributed by atoms with Crippen molar-refractivity contribution < 1.29 is 27.8 Å². The first-order valence-electron chi connectivity index (χ1n) is 10.3. The summed E-state index contributed by atoms with van der Waals surface area (Å²) in [4.78, 5) is 27.1. The number of rotatable bonds is 6. The summed E-state index contributed by atoms with van der Waals surface area (Å²) in [5.41, 5.74) is 0.552. The van der Waals surface area contributed by atoms with Crippen molar-refractivity contribution in [3.05, 3.63) is 58.0 Å². The molecule has 1 aliphatic rings. The summed E-state index contributed by atoms with van der Waals surface area (Å²) in [5.74, 6) is -1.64. The van der Waals surface area contributed by atoms with E-state index in [9.17, 15) is 18.4 Å². The molecule has 1 saturated heterocycles. The topological polar surface area (TPSA) is 106 Å². The second kappa shape index (κ2) is 10.00. The van der Waals surface area contributed by atoms with Crippen LogP contribution in [0.25, 0.3) is 0 Å². The molecule has 0 radical (unpaired) electrons. The number of anilines is 2. The average Bonchev–Trinajstić information content (AvgIpc) is 3.51. The molecule has 1 fully saturated rings. The van der Waals surface area contributed by atoms with Crippen molar-refractivity contribution in [1.82, 2.24) is 15.1 Å². The molecule has 4 rings (SSSR count). The Hall–Kier alpha value is -3.80. The van der Waals surface area contributed by atoms with Crippen LogP contribution in [0.1, 0.15) is 33.7 Å². The number of carbonyl (C=O) groups excluding carboxylic acids is 2. The summed E-state index contributed by atoms with van der Waals surface area (Å²) in [6, 6.07) is 7.41. The van der Waals surface area contributed by atoms with Gasteiger partial charge in [-0.1, -0.05) is 11.3 Å². The molecule has 178 valence electrons. The summed E-state index contributed by atoms with van der Waals surface area (Å²) in [6.07, 6.45) is 1.41. The van der Waals surface area contributed by atoms with Gasteiger partial charge in [-0.05, 0) is 37.1 Å². The highest BCUT2D eigenvalue weighted by molar-refractivity contribution is 7.13. The maximum Gasteiger partial charge on any atom is 0.322 e. The van der Waals surface area contributed by atoms with E-state index in [1.807, 2.05) is 0 Å². The molecule has 2 aromatic carbocycles. The van der Waals surface area contributed by atoms with E-state index in [0.717, 1.165) is 29.9 Å². The number of methoxy groups -OCH3 is 2. The molecule has 0 saturated carbocycles. The normalized spacial score (nSPS) is 15.2. The van der Waals surface area contributed by atoms with Crippen LogP contribution in [0.2, 0.25) is 0 Å². The molecule has 12 heteroatoms. The van der Waals surface area contributed by atoms with Crippen LogP contribution in [0.15, 0.2) is 36.4 Å². The first-order chi connectivity index (χ1) is 16.4. The summed E-state index contributed by atoms with van der Waals surface area (Å²) in [5, 5.41) is 13.9. The number of amides is 3. The van der Waals surface area contributed by atoms with Crippen molar-refractivity contribution in [2.45, 2.75) is 18.9 Å². The molecule has 0 spiro atoms. The number of likely N-dealkylation sites (tertiary alicyclic amines) is 1.